The fourth-order valence-electron chi connectivity index (χ4n) is 4.25. The fourth-order valence-corrected chi connectivity index (χ4v) is 10.6. The molecule has 0 aliphatic rings. The maximum atomic E-state index is 6.79. The molecule has 0 bridgehead atoms. The second-order valence-corrected chi connectivity index (χ2v) is 14.9. The van der Waals surface area contributed by atoms with Gasteiger partial charge in [0.05, 0.1) is 0 Å². The number of halogens is 3. The van der Waals surface area contributed by atoms with Crippen LogP contribution in [0.2, 0.25) is 30.9 Å². The van der Waals surface area contributed by atoms with Crippen LogP contribution in [0, 0.1) is 0 Å². The first-order valence-electron chi connectivity index (χ1n) is 11.7. The molecule has 33 heavy (non-hydrogen) atoms. The molecule has 0 aliphatic carbocycles. The zero-order valence-corrected chi connectivity index (χ0v) is 24.4. The van der Waals surface area contributed by atoms with Crippen molar-refractivity contribution in [1.29, 1.82) is 0 Å². The lowest BCUT2D eigenvalue weighted by Gasteiger charge is -2.23. The highest BCUT2D eigenvalue weighted by Crippen LogP contribution is 2.30. The van der Waals surface area contributed by atoms with Crippen LogP contribution in [0.15, 0.2) is 72.8 Å². The highest BCUT2D eigenvalue weighted by molar-refractivity contribution is 6.59. The van der Waals surface area contributed by atoms with Crippen molar-refractivity contribution in [1.82, 2.24) is 0 Å². The van der Waals surface area contributed by atoms with E-state index in [1.54, 1.807) is 0 Å². The van der Waals surface area contributed by atoms with Crippen LogP contribution in [0.25, 0.3) is 0 Å². The number of rotatable bonds is 11. The summed E-state index contributed by atoms with van der Waals surface area (Å²) in [7, 11) is 0. The van der Waals surface area contributed by atoms with E-state index in [2.05, 4.69) is 57.2 Å². The van der Waals surface area contributed by atoms with E-state index in [4.69, 9.17) is 37.6 Å². The summed E-state index contributed by atoms with van der Waals surface area (Å²) < 4.78 is 6.79. The zero-order valence-electron chi connectivity index (χ0n) is 19.6. The molecule has 3 rings (SSSR count). The smallest absolute Gasteiger partial charge is 0.431 e. The topological polar surface area (TPSA) is 9.23 Å². The summed E-state index contributed by atoms with van der Waals surface area (Å²) in [5.74, 6) is 1.45. The zero-order chi connectivity index (χ0) is 23.8. The molecule has 1 nitrogen and oxygen atoms in total. The van der Waals surface area contributed by atoms with E-state index in [-0.39, 0.29) is 0 Å². The van der Waals surface area contributed by atoms with Crippen molar-refractivity contribution in [3.8, 4) is 0 Å². The molecular formula is C27H31Al2Cl3O. The highest BCUT2D eigenvalue weighted by Gasteiger charge is 2.27. The van der Waals surface area contributed by atoms with Crippen LogP contribution in [0.3, 0.4) is 0 Å². The lowest BCUT2D eigenvalue weighted by molar-refractivity contribution is 0.571. The Balaban J connectivity index is 1.63. The van der Waals surface area contributed by atoms with E-state index < -0.39 is 30.0 Å². The van der Waals surface area contributed by atoms with Gasteiger partial charge in [0.1, 0.15) is 0 Å². The first-order valence-corrected chi connectivity index (χ1v) is 16.5. The second-order valence-electron chi connectivity index (χ2n) is 9.11. The van der Waals surface area contributed by atoms with Gasteiger partial charge in [-0.2, -0.15) is 0 Å². The molecule has 3 atom stereocenters. The Morgan fingerprint density at radius 1 is 0.606 bits per heavy atom. The van der Waals surface area contributed by atoms with Gasteiger partial charge in [0.15, 0.2) is 0 Å². The average molecular weight is 532 g/mol. The molecule has 0 aromatic heterocycles. The molecule has 172 valence electrons. The third kappa shape index (κ3) is 8.93. The van der Waals surface area contributed by atoms with E-state index in [0.717, 1.165) is 30.9 Å². The molecule has 6 heteroatoms. The minimum atomic E-state index is -1.40. The molecule has 0 amide bonds. The third-order valence-electron chi connectivity index (χ3n) is 6.45. The van der Waals surface area contributed by atoms with Gasteiger partial charge >= 0.3 is 30.0 Å². The second kappa shape index (κ2) is 13.6. The van der Waals surface area contributed by atoms with E-state index >= 15 is 0 Å². The molecule has 0 N–H and O–H groups in total. The molecular weight excluding hydrogens is 501 g/mol. The largest absolute Gasteiger partial charge is 0.639 e. The van der Waals surface area contributed by atoms with E-state index in [0.29, 0.717) is 17.8 Å². The Morgan fingerprint density at radius 3 is 1.30 bits per heavy atom. The number of hydrogen-bond acceptors (Lipinski definition) is 1. The third-order valence-corrected chi connectivity index (χ3v) is 13.6. The standard InChI is InChI=1S/3C9H10Cl.2Al.O.H/c3*1-7(2)8-3-5-9(10)6-4-8;;;;/h3*3-7H,1H2,2H3;;;;. The number of benzene rings is 3. The molecule has 3 aromatic carbocycles. The predicted molar refractivity (Wildman–Crippen MR) is 148 cm³/mol. The summed E-state index contributed by atoms with van der Waals surface area (Å²) in [6.45, 7) is 6.93. The average Bonchev–Trinajstić information content (AvgIpc) is 2.80. The molecule has 0 fully saturated rings. The van der Waals surface area contributed by atoms with E-state index in [1.165, 1.54) is 16.7 Å². The monoisotopic (exact) mass is 530 g/mol. The first-order chi connectivity index (χ1) is 15.8. The normalized spacial score (nSPS) is 13.9. The van der Waals surface area contributed by atoms with Gasteiger partial charge in [0, 0.05) is 15.1 Å². The summed E-state index contributed by atoms with van der Waals surface area (Å²) in [5.41, 5.74) is 4.03. The van der Waals surface area contributed by atoms with E-state index in [1.807, 2.05) is 36.4 Å². The summed E-state index contributed by atoms with van der Waals surface area (Å²) in [5, 5.41) is 5.80. The van der Waals surface area contributed by atoms with Crippen molar-refractivity contribution in [2.24, 2.45) is 0 Å². The van der Waals surface area contributed by atoms with Crippen LogP contribution in [0.5, 0.6) is 0 Å². The van der Waals surface area contributed by atoms with Gasteiger partial charge in [-0.25, -0.2) is 0 Å². The van der Waals surface area contributed by atoms with Crippen LogP contribution in [-0.4, -0.2) is 30.0 Å². The van der Waals surface area contributed by atoms with E-state index in [9.17, 15) is 0 Å². The van der Waals surface area contributed by atoms with Gasteiger partial charge in [-0.15, -0.1) is 0 Å². The Hall–Kier alpha value is -0.445. The fraction of sp³-hybridized carbons (Fsp3) is 0.333. The molecule has 0 aliphatic heterocycles. The lowest BCUT2D eigenvalue weighted by Crippen LogP contribution is -2.25. The molecule has 0 saturated carbocycles. The predicted octanol–water partition coefficient (Wildman–Crippen LogP) is 9.14. The quantitative estimate of drug-likeness (QED) is 0.224. The van der Waals surface area contributed by atoms with Gasteiger partial charge in [-0.1, -0.05) is 108 Å². The van der Waals surface area contributed by atoms with Crippen LogP contribution in [0.1, 0.15) is 55.2 Å². The summed E-state index contributed by atoms with van der Waals surface area (Å²) in [6.07, 6.45) is 0. The lowest BCUT2D eigenvalue weighted by atomic mass is 10.0. The highest BCUT2D eigenvalue weighted by atomic mass is 35.5. The SMILES string of the molecule is CC([CH2][AlH][O][Al]([CH2]C(C)c1ccc(Cl)cc1)[CH2]C(C)c1ccc(Cl)cc1)c1ccc(Cl)cc1. The Labute approximate surface area is 225 Å². The van der Waals surface area contributed by atoms with Gasteiger partial charge in [0.25, 0.3) is 0 Å². The van der Waals surface area contributed by atoms with Crippen LogP contribution in [-0.2, 0) is 2.84 Å². The summed E-state index contributed by atoms with van der Waals surface area (Å²) in [6, 6.07) is 24.8. The minimum Gasteiger partial charge on any atom is -0.639 e. The van der Waals surface area contributed by atoms with Crippen LogP contribution < -0.4 is 0 Å². The molecule has 0 saturated heterocycles. The molecule has 0 spiro atoms. The van der Waals surface area contributed by atoms with Crippen molar-refractivity contribution in [2.75, 3.05) is 0 Å². The van der Waals surface area contributed by atoms with Crippen molar-refractivity contribution < 1.29 is 2.84 Å². The Kier molecular flexibility index (Phi) is 11.2. The van der Waals surface area contributed by atoms with Crippen molar-refractivity contribution >= 4 is 64.8 Å². The van der Waals surface area contributed by atoms with Crippen LogP contribution >= 0.6 is 34.8 Å². The van der Waals surface area contributed by atoms with Gasteiger partial charge in [-0.3, -0.25) is 0 Å². The molecule has 3 unspecified atom stereocenters. The van der Waals surface area contributed by atoms with Crippen molar-refractivity contribution in [2.45, 2.75) is 54.4 Å². The Morgan fingerprint density at radius 2 is 0.939 bits per heavy atom. The van der Waals surface area contributed by atoms with Crippen LogP contribution in [0.4, 0.5) is 0 Å². The van der Waals surface area contributed by atoms with Gasteiger partial charge in [-0.05, 0) is 70.8 Å². The molecule has 3 aromatic rings. The maximum absolute atomic E-state index is 6.79. The van der Waals surface area contributed by atoms with Crippen molar-refractivity contribution in [3.63, 3.8) is 0 Å². The van der Waals surface area contributed by atoms with Crippen molar-refractivity contribution in [3.05, 3.63) is 105 Å². The Bertz CT molecular complexity index is 924. The minimum absolute atomic E-state index is 0.471. The first kappa shape index (κ1) is 27.1. The van der Waals surface area contributed by atoms with Gasteiger partial charge in [0.2, 0.25) is 0 Å². The molecule has 0 radical (unpaired) electrons. The maximum Gasteiger partial charge on any atom is 0.431 e. The summed E-state index contributed by atoms with van der Waals surface area (Å²) >= 11 is 16.2. The number of hydrogen-bond donors (Lipinski definition) is 0. The molecule has 0 heterocycles. The van der Waals surface area contributed by atoms with Gasteiger partial charge < -0.3 is 2.84 Å². The summed E-state index contributed by atoms with van der Waals surface area (Å²) in [4.78, 5) is 0.